The van der Waals surface area contributed by atoms with E-state index in [4.69, 9.17) is 9.72 Å². The average molecular weight is 453 g/mol. The van der Waals surface area contributed by atoms with E-state index < -0.39 is 0 Å². The van der Waals surface area contributed by atoms with Gasteiger partial charge >= 0.3 is 6.09 Å². The number of methoxy groups -OCH3 is 1. The zero-order valence-electron chi connectivity index (χ0n) is 20.0. The number of benzene rings is 1. The summed E-state index contributed by atoms with van der Waals surface area (Å²) in [5, 5.41) is 0. The number of hydrogen-bond acceptors (Lipinski definition) is 4. The molecule has 2 aliphatic heterocycles. The standard InChI is InChI=1S/C26H36N4O3/c1-18-11-12-20-21(29(18)26(32)33-2)13-14-22-25(20)27-23(30(22)19-8-4-3-5-9-19)15-17-28-16-7-6-10-24(28)31/h13-14,18-19H,3-12,15-17H2,1-2H3/t18-/m0/s1. The molecule has 1 atom stereocenters. The molecule has 1 aromatic heterocycles. The Morgan fingerprint density at radius 1 is 1.09 bits per heavy atom. The van der Waals surface area contributed by atoms with Gasteiger partial charge in [0.05, 0.1) is 23.8 Å². The molecule has 0 bridgehead atoms. The van der Waals surface area contributed by atoms with Gasteiger partial charge in [0.1, 0.15) is 5.82 Å². The molecule has 0 radical (unpaired) electrons. The smallest absolute Gasteiger partial charge is 0.414 e. The molecular formula is C26H36N4O3. The van der Waals surface area contributed by atoms with Gasteiger partial charge in [0.25, 0.3) is 0 Å². The number of likely N-dealkylation sites (tertiary alicyclic amines) is 1. The lowest BCUT2D eigenvalue weighted by Crippen LogP contribution is -2.42. The van der Waals surface area contributed by atoms with Crippen LogP contribution < -0.4 is 4.90 Å². The summed E-state index contributed by atoms with van der Waals surface area (Å²) >= 11 is 0. The third-order valence-corrected chi connectivity index (χ3v) is 7.87. The molecule has 2 aromatic rings. The van der Waals surface area contributed by atoms with Crippen LogP contribution in [-0.4, -0.2) is 52.7 Å². The van der Waals surface area contributed by atoms with E-state index in [9.17, 15) is 9.59 Å². The van der Waals surface area contributed by atoms with Gasteiger partial charge in [-0.2, -0.15) is 0 Å². The lowest BCUT2D eigenvalue weighted by Gasteiger charge is -2.34. The van der Waals surface area contributed by atoms with Crippen molar-refractivity contribution in [1.82, 2.24) is 14.5 Å². The Balaban J connectivity index is 1.55. The average Bonchev–Trinajstić information content (AvgIpc) is 3.22. The van der Waals surface area contributed by atoms with Gasteiger partial charge in [0, 0.05) is 43.6 Å². The maximum absolute atomic E-state index is 12.5. The minimum absolute atomic E-state index is 0.104. The van der Waals surface area contributed by atoms with Crippen LogP contribution in [0, 0.1) is 0 Å². The number of anilines is 1. The molecule has 1 saturated heterocycles. The van der Waals surface area contributed by atoms with Crippen molar-refractivity contribution in [1.29, 1.82) is 0 Å². The Hall–Kier alpha value is -2.57. The second-order valence-corrected chi connectivity index (χ2v) is 9.94. The van der Waals surface area contributed by atoms with E-state index in [1.54, 1.807) is 4.90 Å². The zero-order chi connectivity index (χ0) is 22.9. The van der Waals surface area contributed by atoms with Crippen LogP contribution in [-0.2, 0) is 22.4 Å². The Kier molecular flexibility index (Phi) is 6.30. The molecule has 2 fully saturated rings. The predicted molar refractivity (Wildman–Crippen MR) is 129 cm³/mol. The van der Waals surface area contributed by atoms with Gasteiger partial charge in [-0.05, 0) is 57.6 Å². The molecule has 7 nitrogen and oxygen atoms in total. The molecule has 3 heterocycles. The van der Waals surface area contributed by atoms with Crippen molar-refractivity contribution in [3.8, 4) is 0 Å². The van der Waals surface area contributed by atoms with Crippen molar-refractivity contribution in [2.45, 2.75) is 89.6 Å². The minimum atomic E-state index is -0.307. The van der Waals surface area contributed by atoms with Gasteiger partial charge in [-0.3, -0.25) is 9.69 Å². The van der Waals surface area contributed by atoms with Gasteiger partial charge < -0.3 is 14.2 Å². The Morgan fingerprint density at radius 3 is 2.67 bits per heavy atom. The van der Waals surface area contributed by atoms with Crippen LogP contribution in [0.3, 0.4) is 0 Å². The van der Waals surface area contributed by atoms with Crippen LogP contribution in [0.2, 0.25) is 0 Å². The van der Waals surface area contributed by atoms with E-state index in [-0.39, 0.29) is 18.0 Å². The number of amides is 2. The number of imidazole rings is 1. The summed E-state index contributed by atoms with van der Waals surface area (Å²) in [5.41, 5.74) is 4.29. The number of carbonyl (C=O) groups is 2. The first kappa shape index (κ1) is 22.2. The summed E-state index contributed by atoms with van der Waals surface area (Å²) in [4.78, 5) is 33.9. The number of carbonyl (C=O) groups excluding carboxylic acids is 2. The number of ether oxygens (including phenoxy) is 1. The first-order valence-corrected chi connectivity index (χ1v) is 12.8. The number of piperidine rings is 1. The molecule has 1 aromatic carbocycles. The molecular weight excluding hydrogens is 416 g/mol. The fourth-order valence-electron chi connectivity index (χ4n) is 6.08. The Labute approximate surface area is 196 Å². The highest BCUT2D eigenvalue weighted by atomic mass is 16.5. The van der Waals surface area contributed by atoms with Crippen LogP contribution in [0.1, 0.15) is 82.1 Å². The number of aromatic nitrogens is 2. The lowest BCUT2D eigenvalue weighted by molar-refractivity contribution is -0.133. The van der Waals surface area contributed by atoms with Crippen molar-refractivity contribution >= 4 is 28.7 Å². The minimum Gasteiger partial charge on any atom is -0.452 e. The molecule has 0 spiro atoms. The normalized spacial score (nSPS) is 22.0. The van der Waals surface area contributed by atoms with E-state index in [1.807, 2.05) is 4.90 Å². The molecule has 1 aliphatic carbocycles. The van der Waals surface area contributed by atoms with Gasteiger partial charge in [-0.1, -0.05) is 19.3 Å². The third-order valence-electron chi connectivity index (χ3n) is 7.87. The number of nitrogens with zero attached hydrogens (tertiary/aromatic N) is 4. The summed E-state index contributed by atoms with van der Waals surface area (Å²) in [5.74, 6) is 1.37. The number of aryl methyl sites for hydroxylation is 1. The van der Waals surface area contributed by atoms with Gasteiger partial charge in [0.15, 0.2) is 0 Å². The monoisotopic (exact) mass is 452 g/mol. The second-order valence-electron chi connectivity index (χ2n) is 9.94. The molecule has 33 heavy (non-hydrogen) atoms. The SMILES string of the molecule is COC(=O)N1c2ccc3c(nc(CCN4CCCCC4=O)n3C3CCCCC3)c2CC[C@@H]1C. The van der Waals surface area contributed by atoms with Crippen molar-refractivity contribution in [3.63, 3.8) is 0 Å². The molecule has 0 unspecified atom stereocenters. The van der Waals surface area contributed by atoms with Crippen LogP contribution in [0.5, 0.6) is 0 Å². The summed E-state index contributed by atoms with van der Waals surface area (Å²) in [7, 11) is 1.44. The van der Waals surface area contributed by atoms with Crippen LogP contribution in [0.15, 0.2) is 12.1 Å². The fraction of sp³-hybridized carbons (Fsp3) is 0.654. The maximum Gasteiger partial charge on any atom is 0.414 e. The van der Waals surface area contributed by atoms with E-state index >= 15 is 0 Å². The Morgan fingerprint density at radius 2 is 1.91 bits per heavy atom. The molecule has 5 rings (SSSR count). The molecule has 1 saturated carbocycles. The third kappa shape index (κ3) is 4.11. The van der Waals surface area contributed by atoms with E-state index in [0.717, 1.165) is 67.8 Å². The highest BCUT2D eigenvalue weighted by molar-refractivity contribution is 5.95. The van der Waals surface area contributed by atoms with Crippen molar-refractivity contribution < 1.29 is 14.3 Å². The van der Waals surface area contributed by atoms with Crippen molar-refractivity contribution in [3.05, 3.63) is 23.5 Å². The lowest BCUT2D eigenvalue weighted by atomic mass is 9.94. The number of rotatable bonds is 4. The first-order chi connectivity index (χ1) is 16.1. The van der Waals surface area contributed by atoms with E-state index in [2.05, 4.69) is 23.6 Å². The summed E-state index contributed by atoms with van der Waals surface area (Å²) in [6.45, 7) is 3.68. The molecule has 2 amide bonds. The van der Waals surface area contributed by atoms with Crippen LogP contribution in [0.25, 0.3) is 11.0 Å². The molecule has 178 valence electrons. The second kappa shape index (κ2) is 9.35. The topological polar surface area (TPSA) is 67.7 Å². The summed E-state index contributed by atoms with van der Waals surface area (Å²) < 4.78 is 7.57. The Bertz CT molecular complexity index is 1040. The van der Waals surface area contributed by atoms with Crippen LogP contribution in [0.4, 0.5) is 10.5 Å². The van der Waals surface area contributed by atoms with E-state index in [1.165, 1.54) is 44.7 Å². The predicted octanol–water partition coefficient (Wildman–Crippen LogP) is 5.00. The quantitative estimate of drug-likeness (QED) is 0.654. The first-order valence-electron chi connectivity index (χ1n) is 12.8. The molecule has 7 heteroatoms. The zero-order valence-corrected chi connectivity index (χ0v) is 20.0. The summed E-state index contributed by atoms with van der Waals surface area (Å²) in [6, 6.07) is 4.81. The van der Waals surface area contributed by atoms with Gasteiger partial charge in [-0.25, -0.2) is 9.78 Å². The fourth-order valence-corrected chi connectivity index (χ4v) is 6.08. The number of fused-ring (bicyclic) bond motifs is 3. The molecule has 3 aliphatic rings. The highest BCUT2D eigenvalue weighted by Crippen LogP contribution is 2.39. The van der Waals surface area contributed by atoms with E-state index in [0.29, 0.717) is 12.5 Å². The van der Waals surface area contributed by atoms with Crippen molar-refractivity contribution in [2.75, 3.05) is 25.1 Å². The maximum atomic E-state index is 12.5. The van der Waals surface area contributed by atoms with Crippen LogP contribution >= 0.6 is 0 Å². The van der Waals surface area contributed by atoms with Gasteiger partial charge in [0.2, 0.25) is 5.91 Å². The van der Waals surface area contributed by atoms with Crippen molar-refractivity contribution in [2.24, 2.45) is 0 Å². The van der Waals surface area contributed by atoms with Gasteiger partial charge in [-0.15, -0.1) is 0 Å². The highest BCUT2D eigenvalue weighted by Gasteiger charge is 2.32. The molecule has 0 N–H and O–H groups in total. The number of hydrogen-bond donors (Lipinski definition) is 0. The largest absolute Gasteiger partial charge is 0.452 e. The summed E-state index contributed by atoms with van der Waals surface area (Å²) in [6.07, 6.45) is 11.3.